The molecule has 2 rings (SSSR count). The van der Waals surface area contributed by atoms with E-state index in [1.807, 2.05) is 26.0 Å². The molecule has 7 heteroatoms. The number of benzene rings is 1. The number of hydrogen-bond acceptors (Lipinski definition) is 5. The van der Waals surface area contributed by atoms with Crippen LogP contribution in [0.3, 0.4) is 0 Å². The molecule has 7 nitrogen and oxygen atoms in total. The number of carbonyl (C=O) groups excluding carboxylic acids is 1. The Hall–Kier alpha value is -2.44. The second kappa shape index (κ2) is 7.85. The molecular formula is C19H27NO6. The molecule has 0 bridgehead atoms. The number of nitrogens with zero attached hydrogens (tertiary/aromatic N) is 1. The standard InChI is InChI=1S/C19H27NO6/c1-6-24-15-9-12-8-14(17(21)22)20(18(23)26-19(3,4)5)11-13(12)10-16(15)25-7-2/h9-10,14H,6-8,11H2,1-5H3,(H,21,22). The monoisotopic (exact) mass is 365 g/mol. The molecule has 1 aromatic rings. The maximum atomic E-state index is 12.5. The molecule has 1 aromatic carbocycles. The Labute approximate surface area is 153 Å². The van der Waals surface area contributed by atoms with Gasteiger partial charge in [0.1, 0.15) is 11.6 Å². The summed E-state index contributed by atoms with van der Waals surface area (Å²) < 4.78 is 16.6. The molecule has 1 aliphatic heterocycles. The lowest BCUT2D eigenvalue weighted by Crippen LogP contribution is -2.50. The van der Waals surface area contributed by atoms with E-state index >= 15 is 0 Å². The van der Waals surface area contributed by atoms with Crippen LogP contribution in [-0.4, -0.2) is 46.9 Å². The first-order valence-electron chi connectivity index (χ1n) is 8.80. The van der Waals surface area contributed by atoms with E-state index < -0.39 is 23.7 Å². The second-order valence-corrected chi connectivity index (χ2v) is 7.10. The van der Waals surface area contributed by atoms with Gasteiger partial charge in [-0.3, -0.25) is 4.90 Å². The maximum absolute atomic E-state index is 12.5. The summed E-state index contributed by atoms with van der Waals surface area (Å²) in [5, 5.41) is 9.59. The van der Waals surface area contributed by atoms with Gasteiger partial charge in [0.05, 0.1) is 19.8 Å². The Bertz CT molecular complexity index is 679. The Kier molecular flexibility index (Phi) is 6.00. The molecule has 0 saturated heterocycles. The fraction of sp³-hybridized carbons (Fsp3) is 0.579. The Morgan fingerprint density at radius 3 is 2.12 bits per heavy atom. The first-order valence-corrected chi connectivity index (χ1v) is 8.80. The lowest BCUT2D eigenvalue weighted by Gasteiger charge is -2.36. The number of rotatable bonds is 5. The first kappa shape index (κ1) is 19.9. The molecule has 26 heavy (non-hydrogen) atoms. The van der Waals surface area contributed by atoms with Gasteiger partial charge in [-0.05, 0) is 57.9 Å². The summed E-state index contributed by atoms with van der Waals surface area (Å²) in [5.41, 5.74) is 0.972. The molecule has 1 amide bonds. The van der Waals surface area contributed by atoms with Crippen molar-refractivity contribution in [3.05, 3.63) is 23.3 Å². The third kappa shape index (κ3) is 4.59. The van der Waals surface area contributed by atoms with E-state index in [0.29, 0.717) is 24.7 Å². The van der Waals surface area contributed by atoms with Crippen LogP contribution < -0.4 is 9.47 Å². The van der Waals surface area contributed by atoms with E-state index in [9.17, 15) is 14.7 Å². The van der Waals surface area contributed by atoms with Crippen molar-refractivity contribution in [2.45, 2.75) is 59.2 Å². The van der Waals surface area contributed by atoms with Crippen molar-refractivity contribution in [2.75, 3.05) is 13.2 Å². The summed E-state index contributed by atoms with van der Waals surface area (Å²) in [6.45, 7) is 10.1. The fourth-order valence-electron chi connectivity index (χ4n) is 2.86. The van der Waals surface area contributed by atoms with Crippen LogP contribution >= 0.6 is 0 Å². The number of fused-ring (bicyclic) bond motifs is 1. The number of aliphatic carboxylic acids is 1. The van der Waals surface area contributed by atoms with Gasteiger partial charge in [-0.15, -0.1) is 0 Å². The molecule has 1 heterocycles. The van der Waals surface area contributed by atoms with Gasteiger partial charge in [0.25, 0.3) is 0 Å². The van der Waals surface area contributed by atoms with Crippen LogP contribution in [0.1, 0.15) is 45.7 Å². The Morgan fingerprint density at radius 2 is 1.65 bits per heavy atom. The van der Waals surface area contributed by atoms with E-state index in [4.69, 9.17) is 14.2 Å². The van der Waals surface area contributed by atoms with Crippen molar-refractivity contribution < 1.29 is 28.9 Å². The largest absolute Gasteiger partial charge is 0.490 e. The highest BCUT2D eigenvalue weighted by molar-refractivity contribution is 5.81. The summed E-state index contributed by atoms with van der Waals surface area (Å²) >= 11 is 0. The second-order valence-electron chi connectivity index (χ2n) is 7.10. The molecule has 1 unspecified atom stereocenters. The Morgan fingerprint density at radius 1 is 1.12 bits per heavy atom. The average molecular weight is 365 g/mol. The molecule has 0 fully saturated rings. The molecule has 0 saturated carbocycles. The molecule has 0 spiro atoms. The van der Waals surface area contributed by atoms with Crippen LogP contribution in [0, 0.1) is 0 Å². The van der Waals surface area contributed by atoms with Gasteiger partial charge in [-0.2, -0.15) is 0 Å². The highest BCUT2D eigenvalue weighted by Gasteiger charge is 2.37. The molecular weight excluding hydrogens is 338 g/mol. The van der Waals surface area contributed by atoms with Crippen molar-refractivity contribution in [3.8, 4) is 11.5 Å². The van der Waals surface area contributed by atoms with Crippen LogP contribution in [0.15, 0.2) is 12.1 Å². The topological polar surface area (TPSA) is 85.3 Å². The molecule has 0 radical (unpaired) electrons. The van der Waals surface area contributed by atoms with E-state index in [0.717, 1.165) is 11.1 Å². The quantitative estimate of drug-likeness (QED) is 0.862. The molecule has 0 aromatic heterocycles. The lowest BCUT2D eigenvalue weighted by molar-refractivity contribution is -0.143. The van der Waals surface area contributed by atoms with Crippen LogP contribution in [-0.2, 0) is 22.5 Å². The van der Waals surface area contributed by atoms with Crippen molar-refractivity contribution in [1.29, 1.82) is 0 Å². The van der Waals surface area contributed by atoms with Crippen LogP contribution in [0.2, 0.25) is 0 Å². The predicted octanol–water partition coefficient (Wildman–Crippen LogP) is 3.23. The van der Waals surface area contributed by atoms with Gasteiger partial charge >= 0.3 is 12.1 Å². The smallest absolute Gasteiger partial charge is 0.411 e. The molecule has 1 aliphatic rings. The normalized spacial score (nSPS) is 16.7. The minimum atomic E-state index is -1.06. The van der Waals surface area contributed by atoms with Gasteiger partial charge in [-0.1, -0.05) is 0 Å². The fourth-order valence-corrected chi connectivity index (χ4v) is 2.86. The van der Waals surface area contributed by atoms with Gasteiger partial charge in [-0.25, -0.2) is 9.59 Å². The van der Waals surface area contributed by atoms with Crippen LogP contribution in [0.4, 0.5) is 4.79 Å². The molecule has 144 valence electrons. The van der Waals surface area contributed by atoms with Crippen molar-refractivity contribution in [1.82, 2.24) is 4.90 Å². The summed E-state index contributed by atoms with van der Waals surface area (Å²) in [7, 11) is 0. The number of hydrogen-bond donors (Lipinski definition) is 1. The maximum Gasteiger partial charge on any atom is 0.411 e. The number of carboxylic acids is 1. The molecule has 1 atom stereocenters. The number of carboxylic acid groups (broad SMARTS) is 1. The zero-order valence-corrected chi connectivity index (χ0v) is 16.0. The van der Waals surface area contributed by atoms with Crippen molar-refractivity contribution in [2.24, 2.45) is 0 Å². The van der Waals surface area contributed by atoms with E-state index in [2.05, 4.69) is 0 Å². The highest BCUT2D eigenvalue weighted by Crippen LogP contribution is 2.35. The third-order valence-corrected chi connectivity index (χ3v) is 3.91. The van der Waals surface area contributed by atoms with Crippen molar-refractivity contribution >= 4 is 12.1 Å². The number of amides is 1. The lowest BCUT2D eigenvalue weighted by atomic mass is 9.93. The summed E-state index contributed by atoms with van der Waals surface area (Å²) in [5.74, 6) is 0.113. The van der Waals surface area contributed by atoms with E-state index in [-0.39, 0.29) is 13.0 Å². The van der Waals surface area contributed by atoms with Crippen LogP contribution in [0.25, 0.3) is 0 Å². The molecule has 0 aliphatic carbocycles. The van der Waals surface area contributed by atoms with E-state index in [1.54, 1.807) is 20.8 Å². The highest BCUT2D eigenvalue weighted by atomic mass is 16.6. The van der Waals surface area contributed by atoms with Gasteiger partial charge < -0.3 is 19.3 Å². The zero-order valence-electron chi connectivity index (χ0n) is 16.0. The minimum absolute atomic E-state index is 0.147. The summed E-state index contributed by atoms with van der Waals surface area (Å²) in [6, 6.07) is 2.65. The summed E-state index contributed by atoms with van der Waals surface area (Å²) in [4.78, 5) is 25.5. The average Bonchev–Trinajstić information content (AvgIpc) is 2.53. The first-order chi connectivity index (χ1) is 12.2. The Balaban J connectivity index is 2.39. The van der Waals surface area contributed by atoms with Crippen molar-refractivity contribution in [3.63, 3.8) is 0 Å². The predicted molar refractivity (Wildman–Crippen MR) is 95.7 cm³/mol. The van der Waals surface area contributed by atoms with Gasteiger partial charge in [0, 0.05) is 6.42 Å². The summed E-state index contributed by atoms with van der Waals surface area (Å²) in [6.07, 6.45) is -0.446. The van der Waals surface area contributed by atoms with Gasteiger partial charge in [0.2, 0.25) is 0 Å². The third-order valence-electron chi connectivity index (χ3n) is 3.91. The van der Waals surface area contributed by atoms with Gasteiger partial charge in [0.15, 0.2) is 11.5 Å². The SMILES string of the molecule is CCOc1cc2c(cc1OCC)CN(C(=O)OC(C)(C)C)C(C(=O)O)C2. The van der Waals surface area contributed by atoms with E-state index in [1.165, 1.54) is 4.90 Å². The number of ether oxygens (including phenoxy) is 3. The number of carbonyl (C=O) groups is 2. The van der Waals surface area contributed by atoms with Crippen LogP contribution in [0.5, 0.6) is 11.5 Å². The zero-order chi connectivity index (χ0) is 19.5. The minimum Gasteiger partial charge on any atom is -0.490 e. The molecule has 1 N–H and O–H groups in total.